The summed E-state index contributed by atoms with van der Waals surface area (Å²) in [5, 5.41) is 3.56. The van der Waals surface area contributed by atoms with E-state index in [0.717, 1.165) is 19.4 Å². The van der Waals surface area contributed by atoms with E-state index >= 15 is 0 Å². The fourth-order valence-corrected chi connectivity index (χ4v) is 2.83. The van der Waals surface area contributed by atoms with Crippen molar-refractivity contribution >= 4 is 11.3 Å². The third kappa shape index (κ3) is 4.50. The molecule has 1 aromatic rings. The van der Waals surface area contributed by atoms with E-state index < -0.39 is 0 Å². The van der Waals surface area contributed by atoms with Gasteiger partial charge in [0, 0.05) is 15.8 Å². The quantitative estimate of drug-likeness (QED) is 0.710. The first-order valence-electron chi connectivity index (χ1n) is 6.03. The van der Waals surface area contributed by atoms with Crippen LogP contribution in [0.5, 0.6) is 0 Å². The van der Waals surface area contributed by atoms with E-state index in [0.29, 0.717) is 6.04 Å². The molecule has 1 unspecified atom stereocenters. The highest BCUT2D eigenvalue weighted by molar-refractivity contribution is 7.12. The average molecular weight is 237 g/mol. The minimum absolute atomic E-state index is 0.595. The smallest absolute Gasteiger partial charge is 0.00495 e. The highest BCUT2D eigenvalue weighted by Gasteiger charge is 2.04. The van der Waals surface area contributed by atoms with Gasteiger partial charge in [-0.05, 0) is 58.2 Å². The van der Waals surface area contributed by atoms with Crippen LogP contribution in [0, 0.1) is 13.8 Å². The van der Waals surface area contributed by atoms with Crippen LogP contribution >= 0.6 is 11.3 Å². The third-order valence-electron chi connectivity index (χ3n) is 2.83. The molecular weight excluding hydrogens is 214 g/mol. The Morgan fingerprint density at radius 1 is 1.50 bits per heavy atom. The lowest BCUT2D eigenvalue weighted by atomic mass is 10.1. The zero-order chi connectivity index (χ0) is 12.0. The van der Waals surface area contributed by atoms with Crippen molar-refractivity contribution in [2.24, 2.45) is 0 Å². The number of hydrogen-bond acceptors (Lipinski definition) is 2. The van der Waals surface area contributed by atoms with Crippen molar-refractivity contribution in [3.05, 3.63) is 34.0 Å². The molecule has 0 aliphatic carbocycles. The summed E-state index contributed by atoms with van der Waals surface area (Å²) >= 11 is 1.90. The fourth-order valence-electron chi connectivity index (χ4n) is 1.85. The predicted molar refractivity (Wildman–Crippen MR) is 74.4 cm³/mol. The lowest BCUT2D eigenvalue weighted by Gasteiger charge is -2.12. The van der Waals surface area contributed by atoms with Crippen LogP contribution in [0.15, 0.2) is 18.7 Å². The van der Waals surface area contributed by atoms with Crippen molar-refractivity contribution in [3.63, 3.8) is 0 Å². The predicted octanol–water partition coefficient (Wildman–Crippen LogP) is 3.85. The molecule has 16 heavy (non-hydrogen) atoms. The molecule has 1 rings (SSSR count). The molecule has 1 atom stereocenters. The summed E-state index contributed by atoms with van der Waals surface area (Å²) in [6.07, 6.45) is 5.43. The standard InChI is InChI=1S/C14H23NS/c1-5-6-7-11(2)15-9-8-14-10-12(3)16-13(14)4/h5,10-11,15H,1,6-9H2,2-4H3. The molecule has 0 amide bonds. The SMILES string of the molecule is C=CCCC(C)NCCc1cc(C)sc1C. The highest BCUT2D eigenvalue weighted by atomic mass is 32.1. The van der Waals surface area contributed by atoms with Gasteiger partial charge >= 0.3 is 0 Å². The first-order chi connectivity index (χ1) is 7.63. The molecule has 0 aliphatic heterocycles. The monoisotopic (exact) mass is 237 g/mol. The van der Waals surface area contributed by atoms with E-state index in [9.17, 15) is 0 Å². The topological polar surface area (TPSA) is 12.0 Å². The number of aryl methyl sites for hydroxylation is 2. The summed E-state index contributed by atoms with van der Waals surface area (Å²) in [6.45, 7) is 11.5. The van der Waals surface area contributed by atoms with Gasteiger partial charge in [0.1, 0.15) is 0 Å². The molecule has 0 spiro atoms. The summed E-state index contributed by atoms with van der Waals surface area (Å²) in [6, 6.07) is 2.91. The minimum atomic E-state index is 0.595. The number of allylic oxidation sites excluding steroid dienone is 1. The summed E-state index contributed by atoms with van der Waals surface area (Å²) in [5.74, 6) is 0. The van der Waals surface area contributed by atoms with Gasteiger partial charge in [0.2, 0.25) is 0 Å². The maximum Gasteiger partial charge on any atom is 0.00495 e. The van der Waals surface area contributed by atoms with Crippen molar-refractivity contribution < 1.29 is 0 Å². The molecule has 0 fully saturated rings. The largest absolute Gasteiger partial charge is 0.314 e. The number of thiophene rings is 1. The van der Waals surface area contributed by atoms with E-state index in [4.69, 9.17) is 0 Å². The molecule has 0 saturated heterocycles. The minimum Gasteiger partial charge on any atom is -0.314 e. The molecule has 1 nitrogen and oxygen atoms in total. The lowest BCUT2D eigenvalue weighted by molar-refractivity contribution is 0.521. The Balaban J connectivity index is 2.25. The van der Waals surface area contributed by atoms with Crippen molar-refractivity contribution in [3.8, 4) is 0 Å². The number of hydrogen-bond donors (Lipinski definition) is 1. The van der Waals surface area contributed by atoms with E-state index in [1.54, 1.807) is 0 Å². The molecule has 0 saturated carbocycles. The van der Waals surface area contributed by atoms with Gasteiger partial charge in [-0.15, -0.1) is 17.9 Å². The van der Waals surface area contributed by atoms with Crippen LogP contribution in [0.1, 0.15) is 35.1 Å². The van der Waals surface area contributed by atoms with Crippen LogP contribution in [0.25, 0.3) is 0 Å². The molecule has 1 heterocycles. The Kier molecular flexibility index (Phi) is 5.78. The van der Waals surface area contributed by atoms with Crippen LogP contribution in [-0.4, -0.2) is 12.6 Å². The highest BCUT2D eigenvalue weighted by Crippen LogP contribution is 2.20. The fraction of sp³-hybridized carbons (Fsp3) is 0.571. The Hall–Kier alpha value is -0.600. The maximum absolute atomic E-state index is 3.75. The third-order valence-corrected chi connectivity index (χ3v) is 3.84. The lowest BCUT2D eigenvalue weighted by Crippen LogP contribution is -2.27. The Morgan fingerprint density at radius 3 is 2.81 bits per heavy atom. The van der Waals surface area contributed by atoms with E-state index in [2.05, 4.69) is 38.7 Å². The second kappa shape index (κ2) is 6.87. The summed E-state index contributed by atoms with van der Waals surface area (Å²) < 4.78 is 0. The van der Waals surface area contributed by atoms with Gasteiger partial charge in [0.25, 0.3) is 0 Å². The van der Waals surface area contributed by atoms with Gasteiger partial charge in [-0.2, -0.15) is 0 Å². The molecular formula is C14H23NS. The van der Waals surface area contributed by atoms with E-state index in [1.807, 2.05) is 17.4 Å². The Bertz CT molecular complexity index is 327. The summed E-state index contributed by atoms with van der Waals surface area (Å²) in [7, 11) is 0. The van der Waals surface area contributed by atoms with Crippen molar-refractivity contribution in [1.82, 2.24) is 5.32 Å². The van der Waals surface area contributed by atoms with Gasteiger partial charge < -0.3 is 5.32 Å². The molecule has 1 aromatic heterocycles. The molecule has 0 radical (unpaired) electrons. The molecule has 2 heteroatoms. The van der Waals surface area contributed by atoms with Crippen LogP contribution in [0.3, 0.4) is 0 Å². The van der Waals surface area contributed by atoms with Crippen LogP contribution in [-0.2, 0) is 6.42 Å². The van der Waals surface area contributed by atoms with Gasteiger partial charge in [0.15, 0.2) is 0 Å². The van der Waals surface area contributed by atoms with Gasteiger partial charge in [-0.1, -0.05) is 6.08 Å². The molecule has 0 aliphatic rings. The van der Waals surface area contributed by atoms with Crippen LogP contribution < -0.4 is 5.32 Å². The summed E-state index contributed by atoms with van der Waals surface area (Å²) in [4.78, 5) is 2.89. The van der Waals surface area contributed by atoms with E-state index in [1.165, 1.54) is 21.7 Å². The van der Waals surface area contributed by atoms with E-state index in [-0.39, 0.29) is 0 Å². The Morgan fingerprint density at radius 2 is 2.25 bits per heavy atom. The first-order valence-corrected chi connectivity index (χ1v) is 6.85. The van der Waals surface area contributed by atoms with Crippen molar-refractivity contribution in [2.75, 3.05) is 6.54 Å². The summed E-state index contributed by atoms with van der Waals surface area (Å²) in [5.41, 5.74) is 1.51. The van der Waals surface area contributed by atoms with Crippen molar-refractivity contribution in [1.29, 1.82) is 0 Å². The van der Waals surface area contributed by atoms with Gasteiger partial charge in [0.05, 0.1) is 0 Å². The zero-order valence-corrected chi connectivity index (χ0v) is 11.5. The van der Waals surface area contributed by atoms with Gasteiger partial charge in [-0.3, -0.25) is 0 Å². The Labute approximate surface area is 104 Å². The maximum atomic E-state index is 3.75. The average Bonchev–Trinajstić information content (AvgIpc) is 2.55. The number of rotatable bonds is 7. The zero-order valence-electron chi connectivity index (χ0n) is 10.7. The van der Waals surface area contributed by atoms with Crippen LogP contribution in [0.2, 0.25) is 0 Å². The molecule has 0 bridgehead atoms. The first kappa shape index (κ1) is 13.5. The number of nitrogens with one attached hydrogen (secondary N) is 1. The second-order valence-electron chi connectivity index (χ2n) is 4.41. The van der Waals surface area contributed by atoms with Crippen molar-refractivity contribution in [2.45, 2.75) is 46.1 Å². The second-order valence-corrected chi connectivity index (χ2v) is 5.87. The van der Waals surface area contributed by atoms with Crippen LogP contribution in [0.4, 0.5) is 0 Å². The molecule has 0 aromatic carbocycles. The molecule has 1 N–H and O–H groups in total. The normalized spacial score (nSPS) is 12.7. The molecule has 90 valence electrons. The van der Waals surface area contributed by atoms with Gasteiger partial charge in [-0.25, -0.2) is 0 Å².